The van der Waals surface area contributed by atoms with E-state index in [1.54, 1.807) is 23.8 Å². The van der Waals surface area contributed by atoms with Gasteiger partial charge in [0.15, 0.2) is 5.16 Å². The van der Waals surface area contributed by atoms with Crippen LogP contribution in [0.2, 0.25) is 0 Å². The summed E-state index contributed by atoms with van der Waals surface area (Å²) in [6.45, 7) is 3.62. The van der Waals surface area contributed by atoms with Crippen LogP contribution in [0.1, 0.15) is 13.3 Å². The zero-order valence-electron chi connectivity index (χ0n) is 18.5. The SMILES string of the molecule is CCOCCCn1c(SCC(=O)Nc2ccccc2OC)nc2c(sc3ccccc32)c1=O. The van der Waals surface area contributed by atoms with Crippen molar-refractivity contribution in [3.05, 3.63) is 58.9 Å². The predicted molar refractivity (Wildman–Crippen MR) is 135 cm³/mol. The van der Waals surface area contributed by atoms with E-state index in [2.05, 4.69) is 5.32 Å². The number of ether oxygens (including phenoxy) is 2. The van der Waals surface area contributed by atoms with E-state index >= 15 is 0 Å². The molecule has 1 N–H and O–H groups in total. The maximum atomic E-state index is 13.4. The van der Waals surface area contributed by atoms with Crippen molar-refractivity contribution in [2.75, 3.05) is 31.4 Å². The lowest BCUT2D eigenvalue weighted by molar-refractivity contribution is -0.113. The normalized spacial score (nSPS) is 11.2. The maximum absolute atomic E-state index is 13.4. The van der Waals surface area contributed by atoms with Crippen molar-refractivity contribution in [2.45, 2.75) is 25.0 Å². The van der Waals surface area contributed by atoms with Crippen LogP contribution in [0.4, 0.5) is 5.69 Å². The van der Waals surface area contributed by atoms with Gasteiger partial charge in [-0.3, -0.25) is 14.2 Å². The Balaban J connectivity index is 1.62. The Labute approximate surface area is 199 Å². The molecule has 0 spiro atoms. The number of nitrogens with zero attached hydrogens (tertiary/aromatic N) is 2. The lowest BCUT2D eigenvalue weighted by Crippen LogP contribution is -2.24. The lowest BCUT2D eigenvalue weighted by Gasteiger charge is -2.13. The van der Waals surface area contributed by atoms with Crippen molar-refractivity contribution in [2.24, 2.45) is 0 Å². The molecule has 0 saturated carbocycles. The number of hydrogen-bond donors (Lipinski definition) is 1. The summed E-state index contributed by atoms with van der Waals surface area (Å²) < 4.78 is 14.1. The minimum atomic E-state index is -0.199. The van der Waals surface area contributed by atoms with Crippen LogP contribution in [0.15, 0.2) is 58.5 Å². The fourth-order valence-corrected chi connectivity index (χ4v) is 5.40. The Morgan fingerprint density at radius 3 is 2.79 bits per heavy atom. The Morgan fingerprint density at radius 2 is 1.97 bits per heavy atom. The number of carbonyl (C=O) groups is 1. The van der Waals surface area contributed by atoms with Crippen LogP contribution in [0, 0.1) is 0 Å². The largest absolute Gasteiger partial charge is 0.495 e. The van der Waals surface area contributed by atoms with Gasteiger partial charge in [0.2, 0.25) is 5.91 Å². The highest BCUT2D eigenvalue weighted by atomic mass is 32.2. The molecule has 1 amide bonds. The first-order chi connectivity index (χ1) is 16.1. The molecule has 0 bridgehead atoms. The fourth-order valence-electron chi connectivity index (χ4n) is 3.49. The molecular weight excluding hydrogens is 458 g/mol. The van der Waals surface area contributed by atoms with E-state index in [0.29, 0.717) is 53.0 Å². The quantitative estimate of drug-likeness (QED) is 0.199. The van der Waals surface area contributed by atoms with Crippen LogP contribution in [0.3, 0.4) is 0 Å². The average Bonchev–Trinajstić information content (AvgIpc) is 3.21. The van der Waals surface area contributed by atoms with Crippen LogP contribution in [-0.2, 0) is 16.1 Å². The van der Waals surface area contributed by atoms with Crippen molar-refractivity contribution in [1.29, 1.82) is 0 Å². The summed E-state index contributed by atoms with van der Waals surface area (Å²) in [6.07, 6.45) is 0.687. The topological polar surface area (TPSA) is 82.4 Å². The number of para-hydroxylation sites is 2. The highest BCUT2D eigenvalue weighted by Gasteiger charge is 2.17. The molecule has 0 aliphatic carbocycles. The molecule has 0 aliphatic rings. The number of amides is 1. The molecular formula is C24H25N3O4S2. The second kappa shape index (κ2) is 10.8. The van der Waals surface area contributed by atoms with Crippen molar-refractivity contribution in [1.82, 2.24) is 9.55 Å². The molecule has 2 aromatic heterocycles. The van der Waals surface area contributed by atoms with Gasteiger partial charge in [-0.1, -0.05) is 42.1 Å². The number of hydrogen-bond acceptors (Lipinski definition) is 7. The lowest BCUT2D eigenvalue weighted by atomic mass is 10.2. The molecule has 7 nitrogen and oxygen atoms in total. The first-order valence-electron chi connectivity index (χ1n) is 10.7. The number of thiophene rings is 1. The molecule has 0 unspecified atom stereocenters. The molecule has 0 fully saturated rings. The van der Waals surface area contributed by atoms with Gasteiger partial charge in [0, 0.05) is 29.8 Å². The highest BCUT2D eigenvalue weighted by molar-refractivity contribution is 7.99. The molecule has 0 aliphatic heterocycles. The van der Waals surface area contributed by atoms with Crippen LogP contribution in [0.5, 0.6) is 5.75 Å². The van der Waals surface area contributed by atoms with Gasteiger partial charge in [0.1, 0.15) is 10.4 Å². The Kier molecular flexibility index (Phi) is 7.64. The number of benzene rings is 2. The van der Waals surface area contributed by atoms with Crippen LogP contribution < -0.4 is 15.6 Å². The third kappa shape index (κ3) is 5.21. The number of fused-ring (bicyclic) bond motifs is 3. The average molecular weight is 484 g/mol. The smallest absolute Gasteiger partial charge is 0.272 e. The van der Waals surface area contributed by atoms with Gasteiger partial charge in [0.25, 0.3) is 5.56 Å². The second-order valence-electron chi connectivity index (χ2n) is 7.21. The van der Waals surface area contributed by atoms with Crippen molar-refractivity contribution in [3.63, 3.8) is 0 Å². The van der Waals surface area contributed by atoms with Gasteiger partial charge in [0.05, 0.1) is 24.1 Å². The van der Waals surface area contributed by atoms with Crippen LogP contribution in [0.25, 0.3) is 20.3 Å². The zero-order chi connectivity index (χ0) is 23.2. The summed E-state index contributed by atoms with van der Waals surface area (Å²) in [5.74, 6) is 0.506. The Hall–Kier alpha value is -2.88. The first kappa shape index (κ1) is 23.3. The van der Waals surface area contributed by atoms with Crippen molar-refractivity contribution < 1.29 is 14.3 Å². The number of nitrogens with one attached hydrogen (secondary N) is 1. The van der Waals surface area contributed by atoms with Crippen molar-refractivity contribution >= 4 is 55.0 Å². The van der Waals surface area contributed by atoms with E-state index in [1.807, 2.05) is 43.3 Å². The van der Waals surface area contributed by atoms with Crippen LogP contribution >= 0.6 is 23.1 Å². The Bertz CT molecular complexity index is 1330. The summed E-state index contributed by atoms with van der Waals surface area (Å²) in [6, 6.07) is 15.1. The van der Waals surface area contributed by atoms with Gasteiger partial charge < -0.3 is 14.8 Å². The molecule has 172 valence electrons. The standard InChI is InChI=1S/C24H25N3O4S2/c1-3-31-14-8-13-27-23(29)22-21(16-9-4-7-12-19(16)33-22)26-24(27)32-15-20(28)25-17-10-5-6-11-18(17)30-2/h4-7,9-12H,3,8,13-15H2,1-2H3,(H,25,28). The Morgan fingerprint density at radius 1 is 1.18 bits per heavy atom. The number of carbonyl (C=O) groups excluding carboxylic acids is 1. The number of rotatable bonds is 10. The van der Waals surface area contributed by atoms with Crippen LogP contribution in [-0.4, -0.2) is 41.5 Å². The third-order valence-electron chi connectivity index (χ3n) is 5.03. The molecule has 2 heterocycles. The molecule has 0 saturated heterocycles. The predicted octanol–water partition coefficient (Wildman–Crippen LogP) is 4.78. The number of aromatic nitrogens is 2. The zero-order valence-corrected chi connectivity index (χ0v) is 20.1. The van der Waals surface area contributed by atoms with E-state index in [9.17, 15) is 9.59 Å². The molecule has 4 aromatic rings. The molecule has 9 heteroatoms. The number of methoxy groups -OCH3 is 1. The van der Waals surface area contributed by atoms with E-state index in [4.69, 9.17) is 14.5 Å². The summed E-state index contributed by atoms with van der Waals surface area (Å²) in [4.78, 5) is 30.8. The van der Waals surface area contributed by atoms with E-state index in [0.717, 1.165) is 10.1 Å². The van der Waals surface area contributed by atoms with Gasteiger partial charge in [-0.2, -0.15) is 0 Å². The fraction of sp³-hybridized carbons (Fsp3) is 0.292. The number of anilines is 1. The van der Waals surface area contributed by atoms with Gasteiger partial charge in [-0.25, -0.2) is 4.98 Å². The van der Waals surface area contributed by atoms with E-state index in [1.165, 1.54) is 23.1 Å². The minimum Gasteiger partial charge on any atom is -0.495 e. The minimum absolute atomic E-state index is 0.0784. The summed E-state index contributed by atoms with van der Waals surface area (Å²) in [7, 11) is 1.56. The second-order valence-corrected chi connectivity index (χ2v) is 9.21. The molecule has 33 heavy (non-hydrogen) atoms. The summed E-state index contributed by atoms with van der Waals surface area (Å²) in [5.41, 5.74) is 1.21. The van der Waals surface area contributed by atoms with E-state index in [-0.39, 0.29) is 17.2 Å². The molecule has 0 radical (unpaired) electrons. The third-order valence-corrected chi connectivity index (χ3v) is 7.16. The molecule has 0 atom stereocenters. The number of thioether (sulfide) groups is 1. The molecule has 2 aromatic carbocycles. The molecule has 4 rings (SSSR count). The summed E-state index contributed by atoms with van der Waals surface area (Å²) in [5, 5.41) is 4.35. The van der Waals surface area contributed by atoms with Gasteiger partial charge in [-0.05, 0) is 31.5 Å². The highest BCUT2D eigenvalue weighted by Crippen LogP contribution is 2.32. The monoisotopic (exact) mass is 483 g/mol. The van der Waals surface area contributed by atoms with Crippen molar-refractivity contribution in [3.8, 4) is 5.75 Å². The van der Waals surface area contributed by atoms with Gasteiger partial charge >= 0.3 is 0 Å². The van der Waals surface area contributed by atoms with E-state index < -0.39 is 0 Å². The van der Waals surface area contributed by atoms with Gasteiger partial charge in [-0.15, -0.1) is 11.3 Å². The maximum Gasteiger partial charge on any atom is 0.272 e. The first-order valence-corrected chi connectivity index (χ1v) is 12.5. The summed E-state index contributed by atoms with van der Waals surface area (Å²) >= 11 is 2.71.